The van der Waals surface area contributed by atoms with E-state index in [0.29, 0.717) is 5.01 Å². The second-order valence-electron chi connectivity index (χ2n) is 7.23. The molecule has 1 aliphatic heterocycles. The highest BCUT2D eigenvalue weighted by Gasteiger charge is 2.52. The molecule has 2 aromatic rings. The van der Waals surface area contributed by atoms with Crippen LogP contribution >= 0.6 is 11.3 Å². The summed E-state index contributed by atoms with van der Waals surface area (Å²) in [4.78, 5) is 16.2. The van der Waals surface area contributed by atoms with E-state index in [1.165, 1.54) is 11.3 Å². The molecule has 0 spiro atoms. The molecule has 1 aromatic carbocycles. The summed E-state index contributed by atoms with van der Waals surface area (Å²) in [5.41, 5.74) is 3.05. The van der Waals surface area contributed by atoms with Crippen LogP contribution in [0, 0.1) is 6.92 Å². The van der Waals surface area contributed by atoms with E-state index in [4.69, 9.17) is 9.31 Å². The molecule has 7 heteroatoms. The largest absolute Gasteiger partial charge is 0.495 e. The van der Waals surface area contributed by atoms with Crippen LogP contribution < -0.4 is 10.8 Å². The van der Waals surface area contributed by atoms with Gasteiger partial charge in [-0.25, -0.2) is 4.98 Å². The van der Waals surface area contributed by atoms with Crippen LogP contribution in [0.2, 0.25) is 0 Å². The number of aromatic nitrogens is 1. The first-order valence-corrected chi connectivity index (χ1v) is 9.17. The number of hydrogen-bond acceptors (Lipinski definition) is 5. The molecule has 1 aromatic heterocycles. The predicted molar refractivity (Wildman–Crippen MR) is 101 cm³/mol. The van der Waals surface area contributed by atoms with E-state index in [0.717, 1.165) is 22.3 Å². The molecule has 0 aliphatic carbocycles. The molecular weight excluding hydrogens is 335 g/mol. The molecule has 5 nitrogen and oxygen atoms in total. The van der Waals surface area contributed by atoms with E-state index in [2.05, 4.69) is 10.3 Å². The Morgan fingerprint density at radius 1 is 1.20 bits per heavy atom. The molecule has 0 atom stereocenters. The van der Waals surface area contributed by atoms with Crippen molar-refractivity contribution < 1.29 is 14.1 Å². The average molecular weight is 358 g/mol. The standard InChI is InChI=1S/C18H23BN2O3S/c1-11-12(14-10-25-16(21-14)15(22)20-6)8-7-9-13(11)19-23-17(2,3)18(4,5)24-19/h7-10H,1-6H3,(H,20,22). The smallest absolute Gasteiger partial charge is 0.399 e. The molecule has 0 bridgehead atoms. The quantitative estimate of drug-likeness (QED) is 0.858. The molecule has 0 saturated carbocycles. The first kappa shape index (κ1) is 18.1. The van der Waals surface area contributed by atoms with Gasteiger partial charge >= 0.3 is 7.12 Å². The highest BCUT2D eigenvalue weighted by atomic mass is 32.1. The summed E-state index contributed by atoms with van der Waals surface area (Å²) < 4.78 is 12.4. The van der Waals surface area contributed by atoms with Crippen molar-refractivity contribution in [3.63, 3.8) is 0 Å². The summed E-state index contributed by atoms with van der Waals surface area (Å²) in [5.74, 6) is -0.170. The van der Waals surface area contributed by atoms with Crippen molar-refractivity contribution in [2.75, 3.05) is 7.05 Å². The lowest BCUT2D eigenvalue weighted by atomic mass is 9.75. The van der Waals surface area contributed by atoms with Gasteiger partial charge in [-0.3, -0.25) is 4.79 Å². The first-order valence-electron chi connectivity index (χ1n) is 8.29. The molecule has 25 heavy (non-hydrogen) atoms. The SMILES string of the molecule is CNC(=O)c1nc(-c2cccc(B3OC(C)(C)C(C)(C)O3)c2C)cs1. The zero-order chi connectivity index (χ0) is 18.4. The van der Waals surface area contributed by atoms with Crippen LogP contribution in [0.25, 0.3) is 11.3 Å². The maximum atomic E-state index is 11.8. The molecular formula is C18H23BN2O3S. The number of amides is 1. The molecule has 3 rings (SSSR count). The Balaban J connectivity index is 1.96. The molecule has 1 fully saturated rings. The van der Waals surface area contributed by atoms with Gasteiger partial charge in [0.1, 0.15) is 0 Å². The van der Waals surface area contributed by atoms with Gasteiger partial charge in [0.25, 0.3) is 5.91 Å². The highest BCUT2D eigenvalue weighted by molar-refractivity contribution is 7.12. The number of nitrogens with one attached hydrogen (secondary N) is 1. The van der Waals surface area contributed by atoms with Gasteiger partial charge < -0.3 is 14.6 Å². The van der Waals surface area contributed by atoms with E-state index in [9.17, 15) is 4.79 Å². The van der Waals surface area contributed by atoms with Crippen LogP contribution in [-0.2, 0) is 9.31 Å². The fraction of sp³-hybridized carbons (Fsp3) is 0.444. The number of benzene rings is 1. The number of rotatable bonds is 3. The molecule has 1 saturated heterocycles. The molecule has 2 heterocycles. The minimum absolute atomic E-state index is 0.170. The third-order valence-corrected chi connectivity index (χ3v) is 5.93. The summed E-state index contributed by atoms with van der Waals surface area (Å²) in [6.45, 7) is 10.2. The third-order valence-electron chi connectivity index (χ3n) is 5.08. The van der Waals surface area contributed by atoms with Gasteiger partial charge in [0.15, 0.2) is 5.01 Å². The van der Waals surface area contributed by atoms with Crippen LogP contribution in [0.15, 0.2) is 23.6 Å². The van der Waals surface area contributed by atoms with Crippen molar-refractivity contribution in [2.45, 2.75) is 45.8 Å². The van der Waals surface area contributed by atoms with E-state index in [1.54, 1.807) is 7.05 Å². The Hall–Kier alpha value is -1.70. The summed E-state index contributed by atoms with van der Waals surface area (Å²) in [7, 11) is 1.19. The lowest BCUT2D eigenvalue weighted by Crippen LogP contribution is -2.41. The normalized spacial score (nSPS) is 18.4. The lowest BCUT2D eigenvalue weighted by molar-refractivity contribution is 0.00578. The van der Waals surface area contributed by atoms with Crippen molar-refractivity contribution in [2.24, 2.45) is 0 Å². The Bertz CT molecular complexity index is 800. The van der Waals surface area contributed by atoms with Crippen LogP contribution in [-0.4, -0.2) is 36.3 Å². The molecule has 132 valence electrons. The first-order chi connectivity index (χ1) is 11.7. The fourth-order valence-corrected chi connectivity index (χ4v) is 3.53. The number of carbonyl (C=O) groups excluding carboxylic acids is 1. The van der Waals surface area contributed by atoms with Gasteiger partial charge in [-0.2, -0.15) is 0 Å². The number of nitrogens with zero attached hydrogens (tertiary/aromatic N) is 1. The van der Waals surface area contributed by atoms with Crippen LogP contribution in [0.5, 0.6) is 0 Å². The topological polar surface area (TPSA) is 60.5 Å². The van der Waals surface area contributed by atoms with E-state index in [1.807, 2.05) is 58.2 Å². The lowest BCUT2D eigenvalue weighted by Gasteiger charge is -2.32. The minimum atomic E-state index is -0.415. The second kappa shape index (κ2) is 6.23. The van der Waals surface area contributed by atoms with Gasteiger partial charge in [-0.1, -0.05) is 18.2 Å². The Labute approximate surface area is 152 Å². The predicted octanol–water partition coefficient (Wildman–Crippen LogP) is 2.78. The zero-order valence-electron chi connectivity index (χ0n) is 15.5. The van der Waals surface area contributed by atoms with Gasteiger partial charge in [0.2, 0.25) is 0 Å². The number of thiazole rings is 1. The highest BCUT2D eigenvalue weighted by Crippen LogP contribution is 2.37. The summed E-state index contributed by atoms with van der Waals surface area (Å²) in [5, 5.41) is 4.96. The van der Waals surface area contributed by atoms with E-state index in [-0.39, 0.29) is 17.1 Å². The van der Waals surface area contributed by atoms with Gasteiger partial charge in [-0.15, -0.1) is 11.3 Å². The monoisotopic (exact) mass is 358 g/mol. The Kier molecular flexibility index (Phi) is 4.51. The van der Waals surface area contributed by atoms with Crippen molar-refractivity contribution in [1.82, 2.24) is 10.3 Å². The maximum absolute atomic E-state index is 11.8. The molecule has 1 amide bonds. The summed E-state index contributed by atoms with van der Waals surface area (Å²) >= 11 is 1.34. The van der Waals surface area contributed by atoms with Gasteiger partial charge in [-0.05, 0) is 45.6 Å². The third kappa shape index (κ3) is 3.12. The molecule has 0 unspecified atom stereocenters. The molecule has 1 aliphatic rings. The van der Waals surface area contributed by atoms with E-state index < -0.39 is 7.12 Å². The average Bonchev–Trinajstić information content (AvgIpc) is 3.10. The van der Waals surface area contributed by atoms with Gasteiger partial charge in [0, 0.05) is 18.0 Å². The maximum Gasteiger partial charge on any atom is 0.495 e. The van der Waals surface area contributed by atoms with Crippen LogP contribution in [0.3, 0.4) is 0 Å². The van der Waals surface area contributed by atoms with Crippen molar-refractivity contribution >= 4 is 29.8 Å². The minimum Gasteiger partial charge on any atom is -0.399 e. The fourth-order valence-electron chi connectivity index (χ4n) is 2.77. The Morgan fingerprint density at radius 3 is 2.44 bits per heavy atom. The van der Waals surface area contributed by atoms with Crippen LogP contribution in [0.4, 0.5) is 0 Å². The number of hydrogen-bond donors (Lipinski definition) is 1. The van der Waals surface area contributed by atoms with Gasteiger partial charge in [0.05, 0.1) is 16.9 Å². The van der Waals surface area contributed by atoms with E-state index >= 15 is 0 Å². The van der Waals surface area contributed by atoms with Crippen molar-refractivity contribution in [1.29, 1.82) is 0 Å². The summed E-state index contributed by atoms with van der Waals surface area (Å²) in [6.07, 6.45) is 0. The number of carbonyl (C=O) groups is 1. The second-order valence-corrected chi connectivity index (χ2v) is 8.08. The van der Waals surface area contributed by atoms with Crippen molar-refractivity contribution in [3.8, 4) is 11.3 Å². The Morgan fingerprint density at radius 2 is 1.84 bits per heavy atom. The van der Waals surface area contributed by atoms with Crippen molar-refractivity contribution in [3.05, 3.63) is 34.2 Å². The summed E-state index contributed by atoms with van der Waals surface area (Å²) in [6, 6.07) is 6.00. The molecule has 1 N–H and O–H groups in total. The zero-order valence-corrected chi connectivity index (χ0v) is 16.3. The molecule has 0 radical (unpaired) electrons. The van der Waals surface area contributed by atoms with Crippen LogP contribution in [0.1, 0.15) is 43.1 Å².